The molecule has 0 radical (unpaired) electrons. The van der Waals surface area contributed by atoms with Gasteiger partial charge in [-0.25, -0.2) is 9.97 Å². The van der Waals surface area contributed by atoms with E-state index in [4.69, 9.17) is 4.74 Å². The van der Waals surface area contributed by atoms with E-state index >= 15 is 0 Å². The van der Waals surface area contributed by atoms with Gasteiger partial charge in [0.05, 0.1) is 15.1 Å². The largest absolute Gasteiger partial charge is 0.434 e. The summed E-state index contributed by atoms with van der Waals surface area (Å²) in [6.45, 7) is 1.94. The van der Waals surface area contributed by atoms with Crippen molar-refractivity contribution in [1.82, 2.24) is 15.0 Å². The maximum Gasteiger partial charge on any atom is 0.373 e. The lowest BCUT2D eigenvalue weighted by Gasteiger charge is -2.08. The first-order valence-electron chi connectivity index (χ1n) is 7.96. The highest BCUT2D eigenvalue weighted by atomic mass is 32.1. The van der Waals surface area contributed by atoms with Crippen LogP contribution in [0, 0.1) is 17.0 Å². The van der Waals surface area contributed by atoms with Gasteiger partial charge in [-0.1, -0.05) is 41.2 Å². The third-order valence-electron chi connectivity index (χ3n) is 3.73. The second kappa shape index (κ2) is 6.96. The molecule has 4 rings (SSSR count). The number of ether oxygens (including phenoxy) is 1. The summed E-state index contributed by atoms with van der Waals surface area (Å²) in [6, 6.07) is 14.7. The van der Waals surface area contributed by atoms with Crippen LogP contribution in [0.5, 0.6) is 11.6 Å². The Hall–Kier alpha value is -3.59. The molecule has 0 aliphatic rings. The molecular formula is C18H13N5O3S. The van der Waals surface area contributed by atoms with Crippen molar-refractivity contribution < 1.29 is 9.66 Å². The van der Waals surface area contributed by atoms with Crippen molar-refractivity contribution in [3.8, 4) is 11.6 Å². The van der Waals surface area contributed by atoms with Gasteiger partial charge in [-0.2, -0.15) is 4.98 Å². The van der Waals surface area contributed by atoms with Crippen LogP contribution >= 0.6 is 11.3 Å². The normalized spacial score (nSPS) is 10.7. The number of benzene rings is 2. The zero-order valence-corrected chi connectivity index (χ0v) is 14.9. The second-order valence-corrected chi connectivity index (χ2v) is 6.69. The number of nitro groups is 1. The average Bonchev–Trinajstić information content (AvgIpc) is 3.06. The van der Waals surface area contributed by atoms with E-state index in [0.717, 1.165) is 15.8 Å². The topological polar surface area (TPSA) is 103 Å². The minimum atomic E-state index is -0.570. The van der Waals surface area contributed by atoms with Gasteiger partial charge in [0, 0.05) is 0 Å². The predicted octanol–water partition coefficient (Wildman–Crippen LogP) is 4.84. The van der Waals surface area contributed by atoms with Crippen LogP contribution in [0.1, 0.15) is 5.56 Å². The number of para-hydroxylation sites is 1. The third kappa shape index (κ3) is 3.53. The van der Waals surface area contributed by atoms with Crippen LogP contribution in [0.25, 0.3) is 10.2 Å². The molecule has 27 heavy (non-hydrogen) atoms. The molecule has 0 saturated carbocycles. The van der Waals surface area contributed by atoms with Gasteiger partial charge in [0.25, 0.3) is 0 Å². The quantitative estimate of drug-likeness (QED) is 0.391. The number of thiazole rings is 1. The van der Waals surface area contributed by atoms with Crippen LogP contribution < -0.4 is 10.1 Å². The fraction of sp³-hybridized carbons (Fsp3) is 0.0556. The van der Waals surface area contributed by atoms with Gasteiger partial charge in [-0.3, -0.25) is 10.1 Å². The van der Waals surface area contributed by atoms with Crippen molar-refractivity contribution >= 4 is 38.2 Å². The summed E-state index contributed by atoms with van der Waals surface area (Å²) in [7, 11) is 0. The number of nitrogens with one attached hydrogen (secondary N) is 1. The van der Waals surface area contributed by atoms with E-state index in [2.05, 4.69) is 20.3 Å². The Morgan fingerprint density at radius 1 is 1.11 bits per heavy atom. The lowest BCUT2D eigenvalue weighted by atomic mass is 10.2. The van der Waals surface area contributed by atoms with Crippen LogP contribution in [0.3, 0.4) is 0 Å². The average molecular weight is 379 g/mol. The van der Waals surface area contributed by atoms with E-state index in [0.29, 0.717) is 10.9 Å². The highest BCUT2D eigenvalue weighted by molar-refractivity contribution is 7.22. The number of hydrogen-bond acceptors (Lipinski definition) is 8. The zero-order valence-electron chi connectivity index (χ0n) is 14.1. The molecule has 2 heterocycles. The van der Waals surface area contributed by atoms with Gasteiger partial charge < -0.3 is 10.1 Å². The molecule has 2 aromatic heterocycles. The smallest absolute Gasteiger partial charge is 0.373 e. The molecule has 0 unspecified atom stereocenters. The SMILES string of the molecule is Cc1ccc(Oc2ncnc(Nc3nc4ccccc4s3)c2[N+](=O)[O-])cc1. The monoisotopic (exact) mass is 379 g/mol. The Labute approximate surface area is 157 Å². The van der Waals surface area contributed by atoms with E-state index in [1.165, 1.54) is 17.7 Å². The molecule has 0 bridgehead atoms. The van der Waals surface area contributed by atoms with Crippen LogP contribution in [0.4, 0.5) is 16.6 Å². The Bertz CT molecular complexity index is 1090. The summed E-state index contributed by atoms with van der Waals surface area (Å²) < 4.78 is 6.58. The van der Waals surface area contributed by atoms with Gasteiger partial charge in [0.2, 0.25) is 5.82 Å². The summed E-state index contributed by atoms with van der Waals surface area (Å²) in [5.74, 6) is 0.340. The van der Waals surface area contributed by atoms with Gasteiger partial charge in [-0.05, 0) is 31.2 Å². The first kappa shape index (κ1) is 16.9. The number of anilines is 2. The maximum absolute atomic E-state index is 11.6. The molecule has 0 spiro atoms. The Morgan fingerprint density at radius 2 is 1.89 bits per heavy atom. The first-order valence-corrected chi connectivity index (χ1v) is 8.78. The molecule has 0 atom stereocenters. The lowest BCUT2D eigenvalue weighted by Crippen LogP contribution is -2.03. The van der Waals surface area contributed by atoms with Gasteiger partial charge in [-0.15, -0.1) is 0 Å². The number of aromatic nitrogens is 3. The minimum absolute atomic E-state index is 0.0242. The molecule has 0 fully saturated rings. The van der Waals surface area contributed by atoms with Crippen molar-refractivity contribution in [3.05, 3.63) is 70.5 Å². The molecule has 1 N–H and O–H groups in total. The maximum atomic E-state index is 11.6. The van der Waals surface area contributed by atoms with Gasteiger partial charge >= 0.3 is 11.6 Å². The molecule has 2 aromatic carbocycles. The highest BCUT2D eigenvalue weighted by Gasteiger charge is 2.26. The van der Waals surface area contributed by atoms with E-state index < -0.39 is 4.92 Å². The molecule has 8 nitrogen and oxygen atoms in total. The number of rotatable bonds is 5. The first-order chi connectivity index (χ1) is 13.1. The number of aryl methyl sites for hydroxylation is 1. The van der Waals surface area contributed by atoms with E-state index in [1.54, 1.807) is 12.1 Å². The number of fused-ring (bicyclic) bond motifs is 1. The Balaban J connectivity index is 1.69. The molecule has 4 aromatic rings. The van der Waals surface area contributed by atoms with Crippen molar-refractivity contribution in [2.24, 2.45) is 0 Å². The van der Waals surface area contributed by atoms with Crippen LogP contribution in [0.15, 0.2) is 54.9 Å². The van der Waals surface area contributed by atoms with Crippen molar-refractivity contribution in [3.63, 3.8) is 0 Å². The predicted molar refractivity (Wildman–Crippen MR) is 103 cm³/mol. The summed E-state index contributed by atoms with van der Waals surface area (Å²) in [6.07, 6.45) is 1.21. The molecule has 0 aliphatic heterocycles. The summed E-state index contributed by atoms with van der Waals surface area (Å²) in [4.78, 5) is 23.4. The number of nitrogens with zero attached hydrogens (tertiary/aromatic N) is 4. The van der Waals surface area contributed by atoms with Crippen LogP contribution in [-0.2, 0) is 0 Å². The molecule has 9 heteroatoms. The third-order valence-corrected chi connectivity index (χ3v) is 4.68. The van der Waals surface area contributed by atoms with Crippen molar-refractivity contribution in [1.29, 1.82) is 0 Å². The summed E-state index contributed by atoms with van der Waals surface area (Å²) in [5, 5.41) is 15.1. The Kier molecular flexibility index (Phi) is 4.35. The van der Waals surface area contributed by atoms with E-state index in [1.807, 2.05) is 43.3 Å². The summed E-state index contributed by atoms with van der Waals surface area (Å²) >= 11 is 1.38. The molecular weight excluding hydrogens is 366 g/mol. The van der Waals surface area contributed by atoms with Gasteiger partial charge in [0.15, 0.2) is 5.13 Å². The second-order valence-electron chi connectivity index (χ2n) is 5.66. The molecule has 0 aliphatic carbocycles. The van der Waals surface area contributed by atoms with Crippen LogP contribution in [-0.4, -0.2) is 19.9 Å². The fourth-order valence-corrected chi connectivity index (χ4v) is 3.30. The molecule has 0 saturated heterocycles. The fourth-order valence-electron chi connectivity index (χ4n) is 2.44. The summed E-state index contributed by atoms with van der Waals surface area (Å²) in [5.41, 5.74) is 1.51. The lowest BCUT2D eigenvalue weighted by molar-refractivity contribution is -0.385. The zero-order chi connectivity index (χ0) is 18.8. The molecule has 0 amide bonds. The van der Waals surface area contributed by atoms with Crippen LogP contribution in [0.2, 0.25) is 0 Å². The van der Waals surface area contributed by atoms with Gasteiger partial charge in [0.1, 0.15) is 12.1 Å². The Morgan fingerprint density at radius 3 is 2.63 bits per heavy atom. The van der Waals surface area contributed by atoms with E-state index in [-0.39, 0.29) is 17.4 Å². The molecule has 134 valence electrons. The van der Waals surface area contributed by atoms with Crippen molar-refractivity contribution in [2.45, 2.75) is 6.92 Å². The highest BCUT2D eigenvalue weighted by Crippen LogP contribution is 2.36. The minimum Gasteiger partial charge on any atom is -0.434 e. The van der Waals surface area contributed by atoms with E-state index in [9.17, 15) is 10.1 Å². The van der Waals surface area contributed by atoms with Crippen molar-refractivity contribution in [2.75, 3.05) is 5.32 Å². The number of hydrogen-bond donors (Lipinski definition) is 1. The standard InChI is InChI=1S/C18H13N5O3S/c1-11-6-8-12(9-7-11)26-17-15(23(24)25)16(19-10-20-17)22-18-21-13-4-2-3-5-14(13)27-18/h2-10H,1H3,(H,19,20,21,22).